The summed E-state index contributed by atoms with van der Waals surface area (Å²) in [5.41, 5.74) is 0.145. The zero-order valence-electron chi connectivity index (χ0n) is 23.0. The van der Waals surface area contributed by atoms with Crippen molar-refractivity contribution in [3.05, 3.63) is 71.6 Å². The third-order valence-electron chi connectivity index (χ3n) is 8.05. The highest BCUT2D eigenvalue weighted by Gasteiger charge is 2.61. The van der Waals surface area contributed by atoms with Crippen LogP contribution in [0.4, 0.5) is 29.6 Å². The second-order valence-corrected chi connectivity index (χ2v) is 10.3. The van der Waals surface area contributed by atoms with Gasteiger partial charge in [-0.25, -0.2) is 14.8 Å². The number of nitrogens with zero attached hydrogens (tertiary/aromatic N) is 4. The number of halogens is 3. The topological polar surface area (TPSA) is 125 Å². The van der Waals surface area contributed by atoms with Gasteiger partial charge in [0.15, 0.2) is 0 Å². The van der Waals surface area contributed by atoms with Crippen LogP contribution >= 0.6 is 0 Å². The fourth-order valence-electron chi connectivity index (χ4n) is 6.33. The van der Waals surface area contributed by atoms with Gasteiger partial charge in [0.25, 0.3) is 5.91 Å². The largest absolute Gasteiger partial charge is 0.406 e. The van der Waals surface area contributed by atoms with Crippen molar-refractivity contribution in [1.82, 2.24) is 19.8 Å². The number of nitrogens with one attached hydrogen (secondary N) is 2. The highest BCUT2D eigenvalue weighted by atomic mass is 19.4. The number of rotatable bonds is 5. The summed E-state index contributed by atoms with van der Waals surface area (Å²) in [6, 6.07) is 4.05. The maximum atomic E-state index is 13.2. The van der Waals surface area contributed by atoms with Gasteiger partial charge in [-0.3, -0.25) is 24.2 Å². The molecule has 10 nitrogen and oxygen atoms in total. The van der Waals surface area contributed by atoms with Gasteiger partial charge in [-0.05, 0) is 54.5 Å². The standard InChI is InChI=1S/C27H23F3N6O4.C2H6/c1-2-17-5-3-7-26(17)23(39)35(14-27(28,29)30)24(40)36(26)13-20(37)33-19-9-15-10-25(11-16(15)12-32-19)18-6-4-8-31-21(18)34-22(25)38;1-2/h2,4-6,8-9,12H,1,3,7,10-11,13-14H2,(H,31,34,38)(H,32,33,37);1-2H3. The van der Waals surface area contributed by atoms with Crippen LogP contribution in [0.3, 0.4) is 0 Å². The van der Waals surface area contributed by atoms with Crippen molar-refractivity contribution in [2.45, 2.75) is 56.7 Å². The van der Waals surface area contributed by atoms with Crippen molar-refractivity contribution in [2.75, 3.05) is 23.7 Å². The van der Waals surface area contributed by atoms with Gasteiger partial charge < -0.3 is 10.6 Å². The summed E-state index contributed by atoms with van der Waals surface area (Å²) in [6.45, 7) is 5.22. The minimum atomic E-state index is -4.81. The lowest BCUT2D eigenvalue weighted by molar-refractivity contribution is -0.154. The van der Waals surface area contributed by atoms with E-state index in [4.69, 9.17) is 0 Å². The Hall–Kier alpha value is -4.55. The molecule has 13 heteroatoms. The summed E-state index contributed by atoms with van der Waals surface area (Å²) >= 11 is 0. The summed E-state index contributed by atoms with van der Waals surface area (Å²) in [5, 5.41) is 5.41. The average molecular weight is 583 g/mol. The number of imide groups is 1. The Morgan fingerprint density at radius 1 is 1.19 bits per heavy atom. The maximum Gasteiger partial charge on any atom is 0.406 e. The van der Waals surface area contributed by atoms with Gasteiger partial charge in [0, 0.05) is 18.0 Å². The van der Waals surface area contributed by atoms with Crippen LogP contribution in [0.2, 0.25) is 0 Å². The SMILES string of the molecule is C=CC1=CCCC12C(=O)N(CC(F)(F)F)C(=O)N2CC(=O)Nc1cc2c(cn1)CC1(C2)C(=O)Nc2ncccc21.CC. The van der Waals surface area contributed by atoms with Gasteiger partial charge in [0.2, 0.25) is 11.8 Å². The van der Waals surface area contributed by atoms with Crippen LogP contribution in [0.1, 0.15) is 43.4 Å². The number of amides is 5. The molecule has 6 rings (SSSR count). The normalized spacial score (nSPS) is 23.9. The van der Waals surface area contributed by atoms with Crippen molar-refractivity contribution >= 4 is 35.4 Å². The maximum absolute atomic E-state index is 13.2. The van der Waals surface area contributed by atoms with E-state index in [1.54, 1.807) is 30.6 Å². The Balaban J connectivity index is 0.00000173. The van der Waals surface area contributed by atoms with Gasteiger partial charge in [0.1, 0.15) is 30.3 Å². The number of fused-ring (bicyclic) bond motifs is 3. The lowest BCUT2D eigenvalue weighted by Gasteiger charge is -2.32. The molecular formula is C29H29F3N6O4. The smallest absolute Gasteiger partial charge is 0.310 e. The first-order valence-corrected chi connectivity index (χ1v) is 13.6. The molecule has 2 N–H and O–H groups in total. The van der Waals surface area contributed by atoms with Crippen molar-refractivity contribution in [3.8, 4) is 0 Å². The highest BCUT2D eigenvalue weighted by Crippen LogP contribution is 2.47. The van der Waals surface area contributed by atoms with Crippen LogP contribution in [-0.4, -0.2) is 68.3 Å². The second-order valence-electron chi connectivity index (χ2n) is 10.3. The fraction of sp³-hybridized carbons (Fsp3) is 0.379. The Morgan fingerprint density at radius 3 is 2.64 bits per heavy atom. The summed E-state index contributed by atoms with van der Waals surface area (Å²) in [5.74, 6) is -1.28. The average Bonchev–Trinajstić information content (AvgIpc) is 3.67. The number of urea groups is 1. The van der Waals surface area contributed by atoms with E-state index in [1.807, 2.05) is 19.9 Å². The van der Waals surface area contributed by atoms with E-state index >= 15 is 0 Å². The van der Waals surface area contributed by atoms with Crippen LogP contribution < -0.4 is 10.6 Å². The Labute approximate surface area is 239 Å². The molecule has 0 aromatic carbocycles. The van der Waals surface area contributed by atoms with Gasteiger partial charge >= 0.3 is 12.2 Å². The molecule has 1 fully saturated rings. The molecule has 0 bridgehead atoms. The van der Waals surface area contributed by atoms with E-state index in [1.165, 1.54) is 6.08 Å². The highest BCUT2D eigenvalue weighted by molar-refractivity contribution is 6.11. The lowest BCUT2D eigenvalue weighted by Crippen LogP contribution is -2.51. The molecule has 2 aliphatic carbocycles. The van der Waals surface area contributed by atoms with E-state index in [9.17, 15) is 32.3 Å². The Bertz CT molecular complexity index is 1540. The first-order valence-electron chi connectivity index (χ1n) is 13.6. The van der Waals surface area contributed by atoms with E-state index in [0.29, 0.717) is 25.1 Å². The monoisotopic (exact) mass is 582 g/mol. The predicted octanol–water partition coefficient (Wildman–Crippen LogP) is 3.90. The zero-order valence-corrected chi connectivity index (χ0v) is 23.0. The van der Waals surface area contributed by atoms with Crippen LogP contribution in [0.15, 0.2) is 54.9 Å². The molecule has 2 aromatic heterocycles. The minimum Gasteiger partial charge on any atom is -0.310 e. The van der Waals surface area contributed by atoms with Gasteiger partial charge in [-0.15, -0.1) is 0 Å². The fourth-order valence-corrected chi connectivity index (χ4v) is 6.33. The minimum absolute atomic E-state index is 0.0398. The second kappa shape index (κ2) is 10.4. The predicted molar refractivity (Wildman–Crippen MR) is 146 cm³/mol. The van der Waals surface area contributed by atoms with Gasteiger partial charge in [-0.2, -0.15) is 13.2 Å². The number of alkyl halides is 3. The molecule has 4 heterocycles. The van der Waals surface area contributed by atoms with E-state index in [0.717, 1.165) is 21.6 Å². The third-order valence-corrected chi connectivity index (χ3v) is 8.05. The van der Waals surface area contributed by atoms with Crippen LogP contribution in [-0.2, 0) is 32.6 Å². The molecule has 2 aliphatic heterocycles. The molecule has 2 atom stereocenters. The van der Waals surface area contributed by atoms with Gasteiger partial charge in [-0.1, -0.05) is 38.6 Å². The van der Waals surface area contributed by atoms with Crippen molar-refractivity contribution in [1.29, 1.82) is 0 Å². The molecule has 4 aliphatic rings. The molecule has 5 amide bonds. The summed E-state index contributed by atoms with van der Waals surface area (Å²) in [6.07, 6.45) is 2.45. The summed E-state index contributed by atoms with van der Waals surface area (Å²) in [4.78, 5) is 61.8. The van der Waals surface area contributed by atoms with Crippen molar-refractivity contribution < 1.29 is 32.3 Å². The van der Waals surface area contributed by atoms with Crippen molar-refractivity contribution in [3.63, 3.8) is 0 Å². The number of hydrogen-bond acceptors (Lipinski definition) is 6. The number of allylic oxidation sites excluding steroid dienone is 1. The molecule has 42 heavy (non-hydrogen) atoms. The summed E-state index contributed by atoms with van der Waals surface area (Å²) < 4.78 is 39.6. The first-order chi connectivity index (χ1) is 20.0. The molecule has 0 saturated carbocycles. The number of carbonyl (C=O) groups excluding carboxylic acids is 4. The molecule has 2 aromatic rings. The zero-order chi connectivity index (χ0) is 30.4. The molecule has 1 saturated heterocycles. The number of anilines is 2. The third kappa shape index (κ3) is 4.43. The Morgan fingerprint density at radius 2 is 1.93 bits per heavy atom. The van der Waals surface area contributed by atoms with Crippen LogP contribution in [0, 0.1) is 0 Å². The van der Waals surface area contributed by atoms with Gasteiger partial charge in [0.05, 0.1) is 5.41 Å². The molecule has 2 unspecified atom stereocenters. The van der Waals surface area contributed by atoms with Crippen LogP contribution in [0.25, 0.3) is 0 Å². The molecule has 2 spiro atoms. The number of pyridine rings is 2. The van der Waals surface area contributed by atoms with E-state index in [-0.39, 0.29) is 28.6 Å². The lowest BCUT2D eigenvalue weighted by atomic mass is 9.79. The Kier molecular flexibility index (Phi) is 7.15. The number of hydrogen-bond donors (Lipinski definition) is 2. The number of carbonyl (C=O) groups is 4. The van der Waals surface area contributed by atoms with Crippen LogP contribution in [0.5, 0.6) is 0 Å². The molecular weight excluding hydrogens is 553 g/mol. The van der Waals surface area contributed by atoms with Crippen molar-refractivity contribution in [2.24, 2.45) is 0 Å². The first kappa shape index (κ1) is 29.0. The molecule has 220 valence electrons. The number of aromatic nitrogens is 2. The van der Waals surface area contributed by atoms with E-state index in [2.05, 4.69) is 27.2 Å². The molecule has 0 radical (unpaired) electrons. The quantitative estimate of drug-likeness (QED) is 0.516. The summed E-state index contributed by atoms with van der Waals surface area (Å²) in [7, 11) is 0. The van der Waals surface area contributed by atoms with E-state index < -0.39 is 48.1 Å².